The number of nitrogens with one attached hydrogen (secondary N) is 1. The minimum atomic E-state index is -4.87. The van der Waals surface area contributed by atoms with E-state index in [1.54, 1.807) is 0 Å². The fraction of sp³-hybridized carbons (Fsp3) is 0.125. The fourth-order valence-corrected chi connectivity index (χ4v) is 2.18. The van der Waals surface area contributed by atoms with Gasteiger partial charge in [-0.1, -0.05) is 11.6 Å². The van der Waals surface area contributed by atoms with Gasteiger partial charge in [0.1, 0.15) is 5.75 Å². The molecule has 2 aromatic carbocycles. The van der Waals surface area contributed by atoms with Crippen LogP contribution in [0.3, 0.4) is 0 Å². The van der Waals surface area contributed by atoms with Crippen molar-refractivity contribution in [3.63, 3.8) is 0 Å². The maximum absolute atomic E-state index is 12.9. The van der Waals surface area contributed by atoms with E-state index < -0.39 is 34.4 Å². The minimum absolute atomic E-state index is 0.243. The molecule has 5 nitrogen and oxygen atoms in total. The summed E-state index contributed by atoms with van der Waals surface area (Å²) in [6, 6.07) is 6.95. The van der Waals surface area contributed by atoms with Gasteiger partial charge in [-0.3, -0.25) is 4.79 Å². The number of methoxy groups -OCH3 is 1. The molecule has 9 heteroatoms. The number of halogens is 4. The lowest BCUT2D eigenvalue weighted by Gasteiger charge is -2.12. The van der Waals surface area contributed by atoms with Gasteiger partial charge in [0.2, 0.25) is 0 Å². The average Bonchev–Trinajstić information content (AvgIpc) is 2.56. The maximum atomic E-state index is 12.9. The molecule has 132 valence electrons. The fourth-order valence-electron chi connectivity index (χ4n) is 1.96. The van der Waals surface area contributed by atoms with Gasteiger partial charge in [0.05, 0.1) is 23.3 Å². The van der Waals surface area contributed by atoms with E-state index in [0.717, 1.165) is 6.07 Å². The van der Waals surface area contributed by atoms with Gasteiger partial charge in [0, 0.05) is 11.3 Å². The van der Waals surface area contributed by atoms with Gasteiger partial charge >= 0.3 is 12.1 Å². The summed E-state index contributed by atoms with van der Waals surface area (Å²) in [6.07, 6.45) is -4.87. The van der Waals surface area contributed by atoms with E-state index in [9.17, 15) is 27.9 Å². The van der Waals surface area contributed by atoms with E-state index in [1.165, 1.54) is 31.4 Å². The van der Waals surface area contributed by atoms with Crippen molar-refractivity contribution < 1.29 is 32.6 Å². The lowest BCUT2D eigenvalue weighted by Crippen LogP contribution is -2.14. The summed E-state index contributed by atoms with van der Waals surface area (Å²) in [5, 5.41) is 11.2. The second kappa shape index (κ2) is 7.02. The monoisotopic (exact) mass is 373 g/mol. The normalized spacial score (nSPS) is 11.1. The number of aromatic hydroxyl groups is 1. The molecule has 0 fully saturated rings. The topological polar surface area (TPSA) is 75.6 Å². The predicted octanol–water partition coefficient (Wildman–Crippen LogP) is 4.10. The lowest BCUT2D eigenvalue weighted by atomic mass is 10.1. The summed E-state index contributed by atoms with van der Waals surface area (Å²) in [6.45, 7) is 0. The largest absolute Gasteiger partial charge is 0.506 e. The summed E-state index contributed by atoms with van der Waals surface area (Å²) in [5.74, 6) is -2.58. The molecule has 0 saturated carbocycles. The van der Waals surface area contributed by atoms with Crippen LogP contribution in [0.25, 0.3) is 0 Å². The van der Waals surface area contributed by atoms with Gasteiger partial charge in [-0.15, -0.1) is 0 Å². The van der Waals surface area contributed by atoms with Crippen LogP contribution in [0.5, 0.6) is 5.75 Å². The SMILES string of the molecule is COC(=O)c1ccc(NC(=O)c2cc(Cl)c(O)c(C(F)(F)F)c2)cc1. The molecule has 0 aliphatic heterocycles. The van der Waals surface area contributed by atoms with Gasteiger partial charge in [0.25, 0.3) is 5.91 Å². The number of carbonyl (C=O) groups is 2. The molecule has 0 saturated heterocycles. The number of benzene rings is 2. The Morgan fingerprint density at radius 2 is 1.72 bits per heavy atom. The molecule has 2 N–H and O–H groups in total. The van der Waals surface area contributed by atoms with Crippen molar-refractivity contribution >= 4 is 29.2 Å². The number of phenols is 1. The lowest BCUT2D eigenvalue weighted by molar-refractivity contribution is -0.138. The molecule has 25 heavy (non-hydrogen) atoms. The van der Waals surface area contributed by atoms with E-state index in [-0.39, 0.29) is 16.8 Å². The van der Waals surface area contributed by atoms with Crippen LogP contribution in [0.2, 0.25) is 5.02 Å². The summed E-state index contributed by atoms with van der Waals surface area (Å²) in [5.41, 5.74) is -1.30. The zero-order valence-electron chi connectivity index (χ0n) is 12.6. The van der Waals surface area contributed by atoms with Crippen LogP contribution in [0.1, 0.15) is 26.3 Å². The van der Waals surface area contributed by atoms with Crippen LogP contribution < -0.4 is 5.32 Å². The van der Waals surface area contributed by atoms with E-state index in [4.69, 9.17) is 11.6 Å². The second-order valence-electron chi connectivity index (χ2n) is 4.88. The summed E-state index contributed by atoms with van der Waals surface area (Å²) < 4.78 is 43.1. The molecule has 0 bridgehead atoms. The first kappa shape index (κ1) is 18.6. The van der Waals surface area contributed by atoms with E-state index in [1.807, 2.05) is 0 Å². The number of anilines is 1. The molecule has 0 spiro atoms. The highest BCUT2D eigenvalue weighted by atomic mass is 35.5. The Morgan fingerprint density at radius 1 is 1.12 bits per heavy atom. The van der Waals surface area contributed by atoms with E-state index >= 15 is 0 Å². The number of amides is 1. The van der Waals surface area contributed by atoms with Crippen molar-refractivity contribution in [2.24, 2.45) is 0 Å². The number of hydrogen-bond donors (Lipinski definition) is 2. The third-order valence-electron chi connectivity index (χ3n) is 3.19. The molecule has 0 heterocycles. The smallest absolute Gasteiger partial charge is 0.420 e. The summed E-state index contributed by atoms with van der Waals surface area (Å²) >= 11 is 5.56. The Bertz CT molecular complexity index is 819. The third-order valence-corrected chi connectivity index (χ3v) is 3.48. The maximum Gasteiger partial charge on any atom is 0.420 e. The van der Waals surface area contributed by atoms with Crippen molar-refractivity contribution in [1.29, 1.82) is 0 Å². The van der Waals surface area contributed by atoms with Crippen LogP contribution >= 0.6 is 11.6 Å². The second-order valence-corrected chi connectivity index (χ2v) is 5.28. The molecule has 2 rings (SSSR count). The highest BCUT2D eigenvalue weighted by Gasteiger charge is 2.35. The number of carbonyl (C=O) groups excluding carboxylic acids is 2. The Kier molecular flexibility index (Phi) is 5.22. The van der Waals surface area contributed by atoms with Crippen molar-refractivity contribution in [2.45, 2.75) is 6.18 Å². The number of ether oxygens (including phenoxy) is 1. The molecule has 0 radical (unpaired) electrons. The zero-order chi connectivity index (χ0) is 18.8. The van der Waals surface area contributed by atoms with Crippen molar-refractivity contribution in [3.05, 3.63) is 58.1 Å². The third kappa shape index (κ3) is 4.21. The Labute approximate surface area is 145 Å². The van der Waals surface area contributed by atoms with Crippen molar-refractivity contribution in [2.75, 3.05) is 12.4 Å². The first-order chi connectivity index (χ1) is 11.6. The quantitative estimate of drug-likeness (QED) is 0.794. The van der Waals surface area contributed by atoms with Gasteiger partial charge in [0.15, 0.2) is 0 Å². The van der Waals surface area contributed by atoms with Crippen molar-refractivity contribution in [3.8, 4) is 5.75 Å². The molecule has 1 amide bonds. The zero-order valence-corrected chi connectivity index (χ0v) is 13.4. The van der Waals surface area contributed by atoms with Gasteiger partial charge < -0.3 is 15.2 Å². The molecule has 0 unspecified atom stereocenters. The number of rotatable bonds is 3. The molecule has 0 aromatic heterocycles. The average molecular weight is 374 g/mol. The first-order valence-electron chi connectivity index (χ1n) is 6.73. The van der Waals surface area contributed by atoms with Crippen molar-refractivity contribution in [1.82, 2.24) is 0 Å². The van der Waals surface area contributed by atoms with Gasteiger partial charge in [-0.25, -0.2) is 4.79 Å². The number of hydrogen-bond acceptors (Lipinski definition) is 4. The van der Waals surface area contributed by atoms with Crippen LogP contribution in [0.15, 0.2) is 36.4 Å². The summed E-state index contributed by atoms with van der Waals surface area (Å²) in [7, 11) is 1.21. The molecule has 0 atom stereocenters. The summed E-state index contributed by atoms with van der Waals surface area (Å²) in [4.78, 5) is 23.4. The van der Waals surface area contributed by atoms with Crippen LogP contribution in [0, 0.1) is 0 Å². The Morgan fingerprint density at radius 3 is 2.24 bits per heavy atom. The number of esters is 1. The van der Waals surface area contributed by atoms with Crippen LogP contribution in [-0.4, -0.2) is 24.1 Å². The highest BCUT2D eigenvalue weighted by Crippen LogP contribution is 2.40. The van der Waals surface area contributed by atoms with E-state index in [2.05, 4.69) is 10.1 Å². The standard InChI is InChI=1S/C16H11ClF3NO4/c1-25-15(24)8-2-4-10(5-3-8)21-14(23)9-6-11(16(18,19)20)13(22)12(17)7-9/h2-7,22H,1H3,(H,21,23). The Balaban J connectivity index is 2.27. The molecular weight excluding hydrogens is 363 g/mol. The number of phenolic OH excluding ortho intramolecular Hbond substituents is 1. The first-order valence-corrected chi connectivity index (χ1v) is 7.10. The van der Waals surface area contributed by atoms with E-state index in [0.29, 0.717) is 6.07 Å². The van der Waals surface area contributed by atoms with Crippen LogP contribution in [0.4, 0.5) is 18.9 Å². The van der Waals surface area contributed by atoms with Gasteiger partial charge in [-0.05, 0) is 36.4 Å². The van der Waals surface area contributed by atoms with Crippen LogP contribution in [-0.2, 0) is 10.9 Å². The highest BCUT2D eigenvalue weighted by molar-refractivity contribution is 6.32. The molecular formula is C16H11ClF3NO4. The Hall–Kier alpha value is -2.74. The number of alkyl halides is 3. The van der Waals surface area contributed by atoms with Gasteiger partial charge in [-0.2, -0.15) is 13.2 Å². The molecule has 2 aromatic rings. The molecule has 0 aliphatic rings. The minimum Gasteiger partial charge on any atom is -0.506 e. The predicted molar refractivity (Wildman–Crippen MR) is 83.9 cm³/mol. The molecule has 0 aliphatic carbocycles.